The van der Waals surface area contributed by atoms with Gasteiger partial charge in [0.15, 0.2) is 0 Å². The molecule has 72 valence electrons. The molecule has 0 spiro atoms. The smallest absolute Gasteiger partial charge is 0.134 e. The van der Waals surface area contributed by atoms with Gasteiger partial charge in [0.1, 0.15) is 12.1 Å². The molecular formula is C11H8N4. The minimum absolute atomic E-state index is 0.451. The van der Waals surface area contributed by atoms with E-state index in [-0.39, 0.29) is 0 Å². The number of rotatable bonds is 1. The number of hydrogen-bond donors (Lipinski definition) is 1. The molecule has 0 atom stereocenters. The number of allylic oxidation sites excluding steroid dienone is 1. The van der Waals surface area contributed by atoms with Crippen LogP contribution in [0.5, 0.6) is 0 Å². The van der Waals surface area contributed by atoms with E-state index in [2.05, 4.69) is 9.97 Å². The van der Waals surface area contributed by atoms with E-state index < -0.39 is 0 Å². The molecule has 1 aromatic heterocycles. The molecular weight excluding hydrogens is 188 g/mol. The summed E-state index contributed by atoms with van der Waals surface area (Å²) in [5.74, 6) is 0.451. The molecule has 4 heteroatoms. The molecule has 0 aliphatic heterocycles. The molecule has 2 aromatic rings. The van der Waals surface area contributed by atoms with Crippen molar-refractivity contribution in [3.05, 3.63) is 36.2 Å². The fourth-order valence-corrected chi connectivity index (χ4v) is 1.33. The molecule has 0 bridgehead atoms. The van der Waals surface area contributed by atoms with Crippen molar-refractivity contribution in [3.63, 3.8) is 0 Å². The van der Waals surface area contributed by atoms with Crippen molar-refractivity contribution >= 4 is 22.8 Å². The van der Waals surface area contributed by atoms with Gasteiger partial charge < -0.3 is 5.73 Å². The SMILES string of the molecule is N#CC=Cc1ccc2ncnc(N)c2c1. The van der Waals surface area contributed by atoms with Crippen molar-refractivity contribution in [2.75, 3.05) is 5.73 Å². The van der Waals surface area contributed by atoms with Crippen molar-refractivity contribution in [2.45, 2.75) is 0 Å². The lowest BCUT2D eigenvalue weighted by molar-refractivity contribution is 1.23. The zero-order chi connectivity index (χ0) is 10.7. The lowest BCUT2D eigenvalue weighted by atomic mass is 10.1. The van der Waals surface area contributed by atoms with Crippen molar-refractivity contribution in [3.8, 4) is 6.07 Å². The summed E-state index contributed by atoms with van der Waals surface area (Å²) in [5.41, 5.74) is 7.42. The Morgan fingerprint density at radius 3 is 3.00 bits per heavy atom. The lowest BCUT2D eigenvalue weighted by Crippen LogP contribution is -1.93. The van der Waals surface area contributed by atoms with Crippen LogP contribution in [0, 0.1) is 11.3 Å². The fraction of sp³-hybridized carbons (Fsp3) is 0. The third kappa shape index (κ3) is 1.76. The van der Waals surface area contributed by atoms with E-state index in [1.54, 1.807) is 6.08 Å². The van der Waals surface area contributed by atoms with Crippen LogP contribution in [0.1, 0.15) is 5.56 Å². The van der Waals surface area contributed by atoms with E-state index in [4.69, 9.17) is 11.0 Å². The number of nitriles is 1. The highest BCUT2D eigenvalue weighted by molar-refractivity contribution is 5.89. The van der Waals surface area contributed by atoms with Crippen molar-refractivity contribution in [1.29, 1.82) is 5.26 Å². The van der Waals surface area contributed by atoms with E-state index in [1.807, 2.05) is 24.3 Å². The molecule has 0 amide bonds. The standard InChI is InChI=1S/C11H8N4/c12-5-1-2-8-3-4-10-9(6-8)11(13)15-7-14-10/h1-4,6-7H,(H2,13,14,15). The lowest BCUT2D eigenvalue weighted by Gasteiger charge is -2.00. The number of nitrogen functional groups attached to an aromatic ring is 1. The van der Waals surface area contributed by atoms with Crippen LogP contribution in [0.15, 0.2) is 30.6 Å². The molecule has 4 nitrogen and oxygen atoms in total. The minimum Gasteiger partial charge on any atom is -0.383 e. The van der Waals surface area contributed by atoms with Crippen LogP contribution in [0.25, 0.3) is 17.0 Å². The van der Waals surface area contributed by atoms with Crippen LogP contribution in [0.4, 0.5) is 5.82 Å². The number of benzene rings is 1. The van der Waals surface area contributed by atoms with Gasteiger partial charge in [0.25, 0.3) is 0 Å². The van der Waals surface area contributed by atoms with Gasteiger partial charge >= 0.3 is 0 Å². The van der Waals surface area contributed by atoms with E-state index in [0.717, 1.165) is 16.5 Å². The van der Waals surface area contributed by atoms with Gasteiger partial charge in [0.05, 0.1) is 11.6 Å². The highest BCUT2D eigenvalue weighted by atomic mass is 14.9. The first-order chi connectivity index (χ1) is 7.31. The molecule has 1 heterocycles. The highest BCUT2D eigenvalue weighted by Gasteiger charge is 1.99. The number of hydrogen-bond acceptors (Lipinski definition) is 4. The Balaban J connectivity index is 2.60. The molecule has 0 saturated carbocycles. The maximum Gasteiger partial charge on any atom is 0.134 e. The van der Waals surface area contributed by atoms with Gasteiger partial charge in [-0.1, -0.05) is 6.07 Å². The third-order valence-corrected chi connectivity index (χ3v) is 2.04. The molecule has 0 radical (unpaired) electrons. The number of aromatic nitrogens is 2. The monoisotopic (exact) mass is 196 g/mol. The third-order valence-electron chi connectivity index (χ3n) is 2.04. The Hall–Kier alpha value is -2.41. The van der Waals surface area contributed by atoms with Crippen molar-refractivity contribution < 1.29 is 0 Å². The predicted octanol–water partition coefficient (Wildman–Crippen LogP) is 1.75. The number of anilines is 1. The maximum absolute atomic E-state index is 8.41. The second-order valence-corrected chi connectivity index (χ2v) is 3.00. The van der Waals surface area contributed by atoms with Gasteiger partial charge in [-0.05, 0) is 23.8 Å². The van der Waals surface area contributed by atoms with Gasteiger partial charge in [0.2, 0.25) is 0 Å². The van der Waals surface area contributed by atoms with E-state index in [9.17, 15) is 0 Å². The summed E-state index contributed by atoms with van der Waals surface area (Å²) < 4.78 is 0. The normalized spacial score (nSPS) is 10.6. The molecule has 0 unspecified atom stereocenters. The molecule has 0 aliphatic carbocycles. The van der Waals surface area contributed by atoms with E-state index in [0.29, 0.717) is 5.82 Å². The van der Waals surface area contributed by atoms with E-state index >= 15 is 0 Å². The Kier molecular flexibility index (Phi) is 2.30. The summed E-state index contributed by atoms with van der Waals surface area (Å²) in [4.78, 5) is 7.99. The van der Waals surface area contributed by atoms with Gasteiger partial charge in [-0.25, -0.2) is 9.97 Å². The quantitative estimate of drug-likeness (QED) is 0.705. The van der Waals surface area contributed by atoms with Gasteiger partial charge in [-0.2, -0.15) is 5.26 Å². The first-order valence-corrected chi connectivity index (χ1v) is 4.37. The summed E-state index contributed by atoms with van der Waals surface area (Å²) in [6.07, 6.45) is 4.56. The zero-order valence-electron chi connectivity index (χ0n) is 7.88. The van der Waals surface area contributed by atoms with Gasteiger partial charge in [0, 0.05) is 11.5 Å². The van der Waals surface area contributed by atoms with Gasteiger partial charge in [-0.15, -0.1) is 0 Å². The van der Waals surface area contributed by atoms with Crippen molar-refractivity contribution in [2.24, 2.45) is 0 Å². The van der Waals surface area contributed by atoms with Crippen LogP contribution in [0.2, 0.25) is 0 Å². The minimum atomic E-state index is 0.451. The molecule has 0 fully saturated rings. The Morgan fingerprint density at radius 2 is 2.20 bits per heavy atom. The second-order valence-electron chi connectivity index (χ2n) is 3.00. The topological polar surface area (TPSA) is 75.6 Å². The summed E-state index contributed by atoms with van der Waals surface area (Å²) >= 11 is 0. The summed E-state index contributed by atoms with van der Waals surface area (Å²) in [7, 11) is 0. The molecule has 1 aromatic carbocycles. The first kappa shape index (κ1) is 9.16. The molecule has 0 saturated heterocycles. The molecule has 2 N–H and O–H groups in total. The van der Waals surface area contributed by atoms with Crippen LogP contribution >= 0.6 is 0 Å². The predicted molar refractivity (Wildman–Crippen MR) is 58.6 cm³/mol. The van der Waals surface area contributed by atoms with Gasteiger partial charge in [-0.3, -0.25) is 0 Å². The number of fused-ring (bicyclic) bond motifs is 1. The van der Waals surface area contributed by atoms with Crippen LogP contribution in [0.3, 0.4) is 0 Å². The summed E-state index contributed by atoms with van der Waals surface area (Å²) in [6, 6.07) is 7.52. The second kappa shape index (κ2) is 3.76. The maximum atomic E-state index is 8.41. The Bertz CT molecular complexity index is 566. The fourth-order valence-electron chi connectivity index (χ4n) is 1.33. The largest absolute Gasteiger partial charge is 0.383 e. The highest BCUT2D eigenvalue weighted by Crippen LogP contribution is 2.18. The van der Waals surface area contributed by atoms with E-state index in [1.165, 1.54) is 12.4 Å². The number of nitrogens with two attached hydrogens (primary N) is 1. The Morgan fingerprint density at radius 1 is 1.33 bits per heavy atom. The first-order valence-electron chi connectivity index (χ1n) is 4.37. The zero-order valence-corrected chi connectivity index (χ0v) is 7.88. The molecule has 0 aliphatic rings. The summed E-state index contributed by atoms with van der Waals surface area (Å²) in [6.45, 7) is 0. The summed E-state index contributed by atoms with van der Waals surface area (Å²) in [5, 5.41) is 9.21. The van der Waals surface area contributed by atoms with Crippen LogP contribution in [-0.2, 0) is 0 Å². The average Bonchev–Trinajstić information content (AvgIpc) is 2.27. The molecule has 2 rings (SSSR count). The van der Waals surface area contributed by atoms with Crippen LogP contribution < -0.4 is 5.73 Å². The van der Waals surface area contributed by atoms with Crippen LogP contribution in [-0.4, -0.2) is 9.97 Å². The molecule has 15 heavy (non-hydrogen) atoms. The van der Waals surface area contributed by atoms with Crippen molar-refractivity contribution in [1.82, 2.24) is 9.97 Å². The number of nitrogens with zero attached hydrogens (tertiary/aromatic N) is 3. The Labute approximate surface area is 86.7 Å². The average molecular weight is 196 g/mol.